The van der Waals surface area contributed by atoms with Crippen LogP contribution in [0.2, 0.25) is 0 Å². The molecule has 5 rings (SSSR count). The first-order valence-electron chi connectivity index (χ1n) is 15.0. The van der Waals surface area contributed by atoms with Crippen molar-refractivity contribution in [1.82, 2.24) is 20.1 Å². The van der Waals surface area contributed by atoms with Gasteiger partial charge in [-0.3, -0.25) is 14.7 Å². The second-order valence-electron chi connectivity index (χ2n) is 11.7. The van der Waals surface area contributed by atoms with Gasteiger partial charge in [-0.05, 0) is 106 Å². The first kappa shape index (κ1) is 30.8. The summed E-state index contributed by atoms with van der Waals surface area (Å²) in [5.41, 5.74) is 3.53. The summed E-state index contributed by atoms with van der Waals surface area (Å²) in [7, 11) is 4.14. The summed E-state index contributed by atoms with van der Waals surface area (Å²) in [6.07, 6.45) is 4.98. The molecule has 3 heterocycles. The van der Waals surface area contributed by atoms with Crippen molar-refractivity contribution in [3.8, 4) is 0 Å². The third kappa shape index (κ3) is 8.03. The van der Waals surface area contributed by atoms with Gasteiger partial charge in [-0.1, -0.05) is 24.3 Å². The number of piperidine rings is 2. The molecule has 9 heteroatoms. The van der Waals surface area contributed by atoms with E-state index < -0.39 is 11.7 Å². The van der Waals surface area contributed by atoms with Crippen LogP contribution in [-0.4, -0.2) is 67.0 Å². The number of hydrogen-bond donors (Lipinski definition) is 1. The lowest BCUT2D eigenvalue weighted by atomic mass is 9.86. The largest absolute Gasteiger partial charge is 0.416 e. The minimum Gasteiger partial charge on any atom is -0.348 e. The number of carbonyl (C=O) groups is 1. The molecule has 2 aliphatic heterocycles. The van der Waals surface area contributed by atoms with Gasteiger partial charge in [-0.25, -0.2) is 0 Å². The Balaban J connectivity index is 1.31. The molecule has 0 radical (unpaired) electrons. The number of carbonyl (C=O) groups excluding carboxylic acids is 1. The number of likely N-dealkylation sites (tertiary alicyclic amines) is 2. The molecule has 2 saturated heterocycles. The summed E-state index contributed by atoms with van der Waals surface area (Å²) in [4.78, 5) is 24.7. The van der Waals surface area contributed by atoms with Gasteiger partial charge < -0.3 is 15.1 Å². The Morgan fingerprint density at radius 3 is 2.26 bits per heavy atom. The maximum atomic E-state index is 13.7. The van der Waals surface area contributed by atoms with Crippen LogP contribution in [0.4, 0.5) is 24.5 Å². The van der Waals surface area contributed by atoms with Crippen LogP contribution < -0.4 is 10.2 Å². The summed E-state index contributed by atoms with van der Waals surface area (Å²) < 4.78 is 39.5. The minimum absolute atomic E-state index is 0.00656. The average molecular weight is 592 g/mol. The number of halogens is 3. The third-order valence-corrected chi connectivity index (χ3v) is 8.75. The monoisotopic (exact) mass is 591 g/mol. The second-order valence-corrected chi connectivity index (χ2v) is 11.7. The van der Waals surface area contributed by atoms with Crippen LogP contribution >= 0.6 is 0 Å². The number of anilines is 2. The van der Waals surface area contributed by atoms with Crippen LogP contribution in [0.5, 0.6) is 0 Å². The van der Waals surface area contributed by atoms with E-state index in [0.29, 0.717) is 23.7 Å². The van der Waals surface area contributed by atoms with Crippen LogP contribution in [0.25, 0.3) is 6.08 Å². The van der Waals surface area contributed by atoms with Gasteiger partial charge in [0.2, 0.25) is 5.91 Å². The molecule has 2 aromatic carbocycles. The molecule has 0 unspecified atom stereocenters. The Morgan fingerprint density at radius 2 is 1.60 bits per heavy atom. The fourth-order valence-electron chi connectivity index (χ4n) is 6.11. The van der Waals surface area contributed by atoms with Crippen LogP contribution in [0, 0.1) is 5.92 Å². The standard InChI is InChI=1S/C34H40F3N5O/c1-40-20-15-31(16-21-40)42-19-3-4-27(24-42)32(22-25-5-9-28(10-6-25)34(35,36)37)33(43)39-23-26-7-11-29(12-8-26)41(2)30-13-17-38-18-14-30/h5-14,17-18,22,27,31H,3-4,15-16,19-21,23-24H2,1-2H3,(H,39,43)/t27-/m0/s1. The molecule has 43 heavy (non-hydrogen) atoms. The Bertz CT molecular complexity index is 1370. The average Bonchev–Trinajstić information content (AvgIpc) is 3.03. The first-order chi connectivity index (χ1) is 20.7. The van der Waals surface area contributed by atoms with E-state index in [-0.39, 0.29) is 11.8 Å². The quantitative estimate of drug-likeness (QED) is 0.309. The van der Waals surface area contributed by atoms with E-state index in [1.807, 2.05) is 43.4 Å². The van der Waals surface area contributed by atoms with Gasteiger partial charge in [0.05, 0.1) is 5.56 Å². The van der Waals surface area contributed by atoms with E-state index in [1.54, 1.807) is 18.5 Å². The van der Waals surface area contributed by atoms with Gasteiger partial charge in [0.1, 0.15) is 0 Å². The SMILES string of the molecule is CN1CCC(N2CCC[C@H](C(=Cc3ccc(C(F)(F)F)cc3)C(=O)NCc3ccc(N(C)c4ccncc4)cc3)C2)CC1. The van der Waals surface area contributed by atoms with Crippen molar-refractivity contribution in [2.24, 2.45) is 5.92 Å². The molecule has 1 N–H and O–H groups in total. The number of alkyl halides is 3. The molecule has 228 valence electrons. The molecule has 1 aromatic heterocycles. The summed E-state index contributed by atoms with van der Waals surface area (Å²) in [5, 5.41) is 3.10. The fourth-order valence-corrected chi connectivity index (χ4v) is 6.11. The van der Waals surface area contributed by atoms with Crippen LogP contribution in [0.3, 0.4) is 0 Å². The predicted molar refractivity (Wildman–Crippen MR) is 165 cm³/mol. The van der Waals surface area contributed by atoms with E-state index in [0.717, 1.165) is 80.9 Å². The number of nitrogens with zero attached hydrogens (tertiary/aromatic N) is 4. The fraction of sp³-hybridized carbons (Fsp3) is 0.412. The molecular weight excluding hydrogens is 551 g/mol. The predicted octanol–water partition coefficient (Wildman–Crippen LogP) is 6.37. The van der Waals surface area contributed by atoms with Crippen LogP contribution in [-0.2, 0) is 17.5 Å². The van der Waals surface area contributed by atoms with Crippen molar-refractivity contribution >= 4 is 23.4 Å². The van der Waals surface area contributed by atoms with E-state index >= 15 is 0 Å². The Morgan fingerprint density at radius 1 is 0.953 bits per heavy atom. The highest BCUT2D eigenvalue weighted by atomic mass is 19.4. The Hall–Kier alpha value is -3.69. The summed E-state index contributed by atoms with van der Waals surface area (Å²) in [5.74, 6) is -0.166. The number of nitrogens with one attached hydrogen (secondary N) is 1. The van der Waals surface area contributed by atoms with Crippen molar-refractivity contribution in [1.29, 1.82) is 0 Å². The van der Waals surface area contributed by atoms with Crippen molar-refractivity contribution in [2.75, 3.05) is 45.2 Å². The summed E-state index contributed by atoms with van der Waals surface area (Å²) in [6.45, 7) is 4.29. The van der Waals surface area contributed by atoms with Crippen molar-refractivity contribution in [3.05, 3.63) is 95.3 Å². The number of hydrogen-bond acceptors (Lipinski definition) is 5. The van der Waals surface area contributed by atoms with Gasteiger partial charge in [-0.15, -0.1) is 0 Å². The maximum Gasteiger partial charge on any atom is 0.416 e. The number of aromatic nitrogens is 1. The van der Waals surface area contributed by atoms with Crippen LogP contribution in [0.1, 0.15) is 42.4 Å². The number of amides is 1. The molecule has 0 spiro atoms. The van der Waals surface area contributed by atoms with E-state index in [1.165, 1.54) is 12.1 Å². The van der Waals surface area contributed by atoms with Crippen molar-refractivity contribution in [2.45, 2.75) is 44.4 Å². The highest BCUT2D eigenvalue weighted by molar-refractivity contribution is 5.98. The zero-order valence-electron chi connectivity index (χ0n) is 24.9. The number of rotatable bonds is 8. The third-order valence-electron chi connectivity index (χ3n) is 8.75. The molecule has 2 fully saturated rings. The summed E-state index contributed by atoms with van der Waals surface area (Å²) >= 11 is 0. The normalized spacial score (nSPS) is 19.3. The highest BCUT2D eigenvalue weighted by Crippen LogP contribution is 2.32. The molecule has 1 amide bonds. The summed E-state index contributed by atoms with van der Waals surface area (Å²) in [6, 6.07) is 17.5. The maximum absolute atomic E-state index is 13.7. The molecule has 0 bridgehead atoms. The van der Waals surface area contributed by atoms with Gasteiger partial charge in [0, 0.05) is 61.4 Å². The molecule has 1 atom stereocenters. The Kier molecular flexibility index (Phi) is 9.82. The molecule has 0 saturated carbocycles. The zero-order valence-corrected chi connectivity index (χ0v) is 24.9. The zero-order chi connectivity index (χ0) is 30.4. The van der Waals surface area contributed by atoms with E-state index in [2.05, 4.69) is 32.0 Å². The van der Waals surface area contributed by atoms with E-state index in [9.17, 15) is 18.0 Å². The van der Waals surface area contributed by atoms with Crippen molar-refractivity contribution < 1.29 is 18.0 Å². The van der Waals surface area contributed by atoms with Gasteiger partial charge in [0.25, 0.3) is 0 Å². The van der Waals surface area contributed by atoms with Gasteiger partial charge in [-0.2, -0.15) is 13.2 Å². The van der Waals surface area contributed by atoms with Crippen LogP contribution in [0.15, 0.2) is 78.6 Å². The Labute approximate surface area is 252 Å². The van der Waals surface area contributed by atoms with E-state index in [4.69, 9.17) is 0 Å². The molecule has 0 aliphatic carbocycles. The smallest absolute Gasteiger partial charge is 0.348 e. The lowest BCUT2D eigenvalue weighted by Crippen LogP contribution is -2.48. The second kappa shape index (κ2) is 13.7. The number of pyridine rings is 1. The highest BCUT2D eigenvalue weighted by Gasteiger charge is 2.32. The molecular formula is C34H40F3N5O. The lowest BCUT2D eigenvalue weighted by molar-refractivity contribution is -0.137. The van der Waals surface area contributed by atoms with Crippen molar-refractivity contribution in [3.63, 3.8) is 0 Å². The topological polar surface area (TPSA) is 51.7 Å². The van der Waals surface area contributed by atoms with Gasteiger partial charge >= 0.3 is 6.18 Å². The molecule has 3 aromatic rings. The molecule has 2 aliphatic rings. The van der Waals surface area contributed by atoms with Gasteiger partial charge in [0.15, 0.2) is 0 Å². The lowest BCUT2D eigenvalue weighted by Gasteiger charge is -2.42. The molecule has 6 nitrogen and oxygen atoms in total. The number of benzene rings is 2. The minimum atomic E-state index is -4.40. The first-order valence-corrected chi connectivity index (χ1v) is 15.0.